The lowest BCUT2D eigenvalue weighted by molar-refractivity contribution is 0.0607. The van der Waals surface area contributed by atoms with E-state index in [2.05, 4.69) is 14.4 Å². The van der Waals surface area contributed by atoms with Crippen LogP contribution >= 0.6 is 11.3 Å². The van der Waals surface area contributed by atoms with Gasteiger partial charge in [-0.25, -0.2) is 17.6 Å². The Hall–Kier alpha value is -2.00. The number of nitrogens with one attached hydrogen (secondary N) is 1. The first-order valence-corrected chi connectivity index (χ1v) is 7.59. The molecule has 2 aromatic rings. The molecule has 0 radical (unpaired) electrons. The third-order valence-corrected chi connectivity index (χ3v) is 4.50. The molecule has 0 aromatic carbocycles. The number of ether oxygens (including phenoxy) is 1. The van der Waals surface area contributed by atoms with Crippen LogP contribution in [0, 0.1) is 5.82 Å². The summed E-state index contributed by atoms with van der Waals surface area (Å²) in [5.74, 6) is -1.43. The van der Waals surface area contributed by atoms with Crippen LogP contribution in [-0.4, -0.2) is 26.5 Å². The van der Waals surface area contributed by atoms with Crippen LogP contribution in [0.5, 0.6) is 0 Å². The molecule has 0 spiro atoms. The van der Waals surface area contributed by atoms with E-state index < -0.39 is 21.8 Å². The lowest BCUT2D eigenvalue weighted by Gasteiger charge is -2.07. The van der Waals surface area contributed by atoms with E-state index >= 15 is 0 Å². The number of carbonyl (C=O) groups is 1. The van der Waals surface area contributed by atoms with Crippen LogP contribution in [0.15, 0.2) is 34.8 Å². The van der Waals surface area contributed by atoms with Crippen molar-refractivity contribution in [2.45, 2.75) is 4.90 Å². The van der Waals surface area contributed by atoms with Crippen LogP contribution in [-0.2, 0) is 14.8 Å². The minimum atomic E-state index is -4.02. The Morgan fingerprint density at radius 3 is 2.85 bits per heavy atom. The molecule has 0 saturated carbocycles. The number of nitrogens with zero attached hydrogens (tertiary/aromatic N) is 1. The summed E-state index contributed by atoms with van der Waals surface area (Å²) in [6, 6.07) is 2.25. The van der Waals surface area contributed by atoms with E-state index in [-0.39, 0.29) is 15.5 Å². The summed E-state index contributed by atoms with van der Waals surface area (Å²) in [4.78, 5) is 14.7. The molecule has 0 fully saturated rings. The molecule has 2 rings (SSSR count). The number of rotatable bonds is 4. The van der Waals surface area contributed by atoms with Crippen LogP contribution < -0.4 is 4.72 Å². The Balaban J connectivity index is 2.34. The maximum Gasteiger partial charge on any atom is 0.350 e. The Bertz CT molecular complexity index is 742. The van der Waals surface area contributed by atoms with Gasteiger partial charge in [-0.05, 0) is 17.5 Å². The molecule has 9 heteroatoms. The van der Waals surface area contributed by atoms with Crippen molar-refractivity contribution in [3.63, 3.8) is 0 Å². The zero-order valence-electron chi connectivity index (χ0n) is 10.2. The number of esters is 1. The molecule has 0 aliphatic carbocycles. The molecule has 0 saturated heterocycles. The third-order valence-electron chi connectivity index (χ3n) is 2.27. The first kappa shape index (κ1) is 14.4. The van der Waals surface area contributed by atoms with Crippen LogP contribution in [0.4, 0.5) is 10.1 Å². The Morgan fingerprint density at radius 2 is 2.20 bits per heavy atom. The normalized spacial score (nSPS) is 11.1. The van der Waals surface area contributed by atoms with Crippen molar-refractivity contribution in [1.82, 2.24) is 4.98 Å². The minimum absolute atomic E-state index is 0.0751. The van der Waals surface area contributed by atoms with Gasteiger partial charge in [0.2, 0.25) is 0 Å². The van der Waals surface area contributed by atoms with E-state index in [4.69, 9.17) is 0 Å². The average Bonchev–Trinajstić information content (AvgIpc) is 2.85. The molecule has 0 aliphatic rings. The highest BCUT2D eigenvalue weighted by Crippen LogP contribution is 2.25. The van der Waals surface area contributed by atoms with Gasteiger partial charge >= 0.3 is 5.97 Å². The fraction of sp³-hybridized carbons (Fsp3) is 0.0909. The van der Waals surface area contributed by atoms with Gasteiger partial charge < -0.3 is 4.74 Å². The van der Waals surface area contributed by atoms with Gasteiger partial charge in [0, 0.05) is 6.20 Å². The molecule has 2 aromatic heterocycles. The Labute approximate surface area is 118 Å². The molecule has 0 aliphatic heterocycles. The van der Waals surface area contributed by atoms with Crippen molar-refractivity contribution in [3.05, 3.63) is 40.6 Å². The maximum atomic E-state index is 13.0. The van der Waals surface area contributed by atoms with E-state index in [0.29, 0.717) is 0 Å². The van der Waals surface area contributed by atoms with Crippen LogP contribution in [0.1, 0.15) is 9.67 Å². The number of aromatic nitrogens is 1. The molecule has 106 valence electrons. The average molecular weight is 316 g/mol. The van der Waals surface area contributed by atoms with Crippen molar-refractivity contribution in [2.75, 3.05) is 11.8 Å². The molecule has 0 unspecified atom stereocenters. The largest absolute Gasteiger partial charge is 0.465 e. The summed E-state index contributed by atoms with van der Waals surface area (Å²) in [5, 5.41) is 1.54. The van der Waals surface area contributed by atoms with Crippen molar-refractivity contribution >= 4 is 33.0 Å². The molecule has 2 heterocycles. The van der Waals surface area contributed by atoms with Crippen molar-refractivity contribution < 1.29 is 22.3 Å². The summed E-state index contributed by atoms with van der Waals surface area (Å²) in [6.07, 6.45) is 1.90. The van der Waals surface area contributed by atoms with E-state index in [9.17, 15) is 17.6 Å². The standard InChI is InChI=1S/C11H9FN2O4S2/c1-18-11(15)10-9(2-3-19-10)14-20(16,17)8-4-7(12)5-13-6-8/h2-6,14H,1H3. The molecular weight excluding hydrogens is 307 g/mol. The lowest BCUT2D eigenvalue weighted by atomic mass is 10.4. The molecule has 6 nitrogen and oxygen atoms in total. The second kappa shape index (κ2) is 5.55. The van der Waals surface area contributed by atoms with Crippen molar-refractivity contribution in [3.8, 4) is 0 Å². The highest BCUT2D eigenvalue weighted by molar-refractivity contribution is 7.92. The summed E-state index contributed by atoms with van der Waals surface area (Å²) in [5.41, 5.74) is 0.0751. The summed E-state index contributed by atoms with van der Waals surface area (Å²) in [7, 11) is -2.83. The summed E-state index contributed by atoms with van der Waals surface area (Å²) >= 11 is 1.03. The van der Waals surface area contributed by atoms with Crippen molar-refractivity contribution in [2.24, 2.45) is 0 Å². The lowest BCUT2D eigenvalue weighted by Crippen LogP contribution is -2.15. The second-order valence-electron chi connectivity index (χ2n) is 3.60. The van der Waals surface area contributed by atoms with E-state index in [1.807, 2.05) is 0 Å². The topological polar surface area (TPSA) is 85.4 Å². The van der Waals surface area contributed by atoms with Crippen LogP contribution in [0.3, 0.4) is 0 Å². The predicted octanol–water partition coefficient (Wildman–Crippen LogP) is 1.87. The van der Waals surface area contributed by atoms with Gasteiger partial charge in [0.25, 0.3) is 10.0 Å². The molecule has 0 amide bonds. The number of thiophene rings is 1. The Kier molecular flexibility index (Phi) is 4.00. The van der Waals surface area contributed by atoms with Gasteiger partial charge in [0.1, 0.15) is 15.6 Å². The van der Waals surface area contributed by atoms with Crippen molar-refractivity contribution in [1.29, 1.82) is 0 Å². The first-order chi connectivity index (χ1) is 9.44. The summed E-state index contributed by atoms with van der Waals surface area (Å²) < 4.78 is 43.9. The molecule has 0 atom stereocenters. The number of pyridine rings is 1. The predicted molar refractivity (Wildman–Crippen MR) is 70.7 cm³/mol. The second-order valence-corrected chi connectivity index (χ2v) is 6.20. The number of halogens is 1. The fourth-order valence-corrected chi connectivity index (χ4v) is 3.26. The quantitative estimate of drug-likeness (QED) is 0.870. The molecule has 0 bridgehead atoms. The van der Waals surface area contributed by atoms with Gasteiger partial charge in [0.05, 0.1) is 19.0 Å². The summed E-state index contributed by atoms with van der Waals surface area (Å²) in [6.45, 7) is 0. The first-order valence-electron chi connectivity index (χ1n) is 5.23. The van der Waals surface area contributed by atoms with E-state index in [1.54, 1.807) is 0 Å². The highest BCUT2D eigenvalue weighted by atomic mass is 32.2. The van der Waals surface area contributed by atoms with Crippen LogP contribution in [0.2, 0.25) is 0 Å². The number of anilines is 1. The number of methoxy groups -OCH3 is 1. The third kappa shape index (κ3) is 2.94. The highest BCUT2D eigenvalue weighted by Gasteiger charge is 2.21. The number of carbonyl (C=O) groups excluding carboxylic acids is 1. The monoisotopic (exact) mass is 316 g/mol. The van der Waals surface area contributed by atoms with E-state index in [1.165, 1.54) is 18.6 Å². The fourth-order valence-electron chi connectivity index (χ4n) is 1.38. The zero-order chi connectivity index (χ0) is 14.8. The minimum Gasteiger partial charge on any atom is -0.465 e. The smallest absolute Gasteiger partial charge is 0.350 e. The molecular formula is C11H9FN2O4S2. The zero-order valence-corrected chi connectivity index (χ0v) is 11.8. The van der Waals surface area contributed by atoms with Gasteiger partial charge in [-0.1, -0.05) is 0 Å². The van der Waals surface area contributed by atoms with Crippen LogP contribution in [0.25, 0.3) is 0 Å². The maximum absolute atomic E-state index is 13.0. The number of hydrogen-bond donors (Lipinski definition) is 1. The number of hydrogen-bond acceptors (Lipinski definition) is 6. The molecule has 1 N–H and O–H groups in total. The molecule has 20 heavy (non-hydrogen) atoms. The van der Waals surface area contributed by atoms with Gasteiger partial charge in [-0.15, -0.1) is 11.3 Å². The van der Waals surface area contributed by atoms with Gasteiger partial charge in [0.15, 0.2) is 0 Å². The SMILES string of the molecule is COC(=O)c1sccc1NS(=O)(=O)c1cncc(F)c1. The van der Waals surface area contributed by atoms with Gasteiger partial charge in [-0.3, -0.25) is 9.71 Å². The number of sulfonamides is 1. The van der Waals surface area contributed by atoms with Gasteiger partial charge in [-0.2, -0.15) is 0 Å². The van der Waals surface area contributed by atoms with E-state index in [0.717, 1.165) is 29.8 Å². The Morgan fingerprint density at radius 1 is 1.45 bits per heavy atom.